The lowest BCUT2D eigenvalue weighted by Crippen LogP contribution is -2.29. The number of imidazole rings is 1. The molecular weight excluding hydrogens is 390 g/mol. The number of rotatable bonds is 4. The van der Waals surface area contributed by atoms with Crippen LogP contribution in [0.5, 0.6) is 0 Å². The molecule has 1 saturated carbocycles. The summed E-state index contributed by atoms with van der Waals surface area (Å²) in [6.07, 6.45) is 5.85. The molecule has 3 aromatic heterocycles. The van der Waals surface area contributed by atoms with E-state index in [2.05, 4.69) is 41.0 Å². The van der Waals surface area contributed by atoms with Gasteiger partial charge >= 0.3 is 0 Å². The minimum absolute atomic E-state index is 0.0454. The SMILES string of the molecule is Cc1c(C#CC2CC2)cc(C(=O)Nc2cccc(-c3nccn3C(C)C)n2)c(=O)n1C. The second kappa shape index (κ2) is 8.23. The van der Waals surface area contributed by atoms with Crippen LogP contribution in [0.25, 0.3) is 11.5 Å². The predicted molar refractivity (Wildman–Crippen MR) is 120 cm³/mol. The van der Waals surface area contributed by atoms with Crippen molar-refractivity contribution in [3.63, 3.8) is 0 Å². The molecule has 158 valence electrons. The Balaban J connectivity index is 1.64. The van der Waals surface area contributed by atoms with Crippen molar-refractivity contribution in [2.24, 2.45) is 13.0 Å². The average Bonchev–Trinajstić information content (AvgIpc) is 3.44. The third-order valence-electron chi connectivity index (χ3n) is 5.39. The third-order valence-corrected chi connectivity index (χ3v) is 5.39. The number of pyridine rings is 2. The van der Waals surface area contributed by atoms with E-state index in [1.807, 2.05) is 23.8 Å². The summed E-state index contributed by atoms with van der Waals surface area (Å²) in [6.45, 7) is 5.96. The van der Waals surface area contributed by atoms with E-state index in [0.717, 1.165) is 24.4 Å². The molecule has 0 bridgehead atoms. The Hall–Kier alpha value is -3.66. The quantitative estimate of drug-likeness (QED) is 0.661. The normalized spacial score (nSPS) is 13.1. The van der Waals surface area contributed by atoms with Crippen molar-refractivity contribution in [2.75, 3.05) is 5.32 Å². The predicted octanol–water partition coefficient (Wildman–Crippen LogP) is 3.55. The molecule has 0 aromatic carbocycles. The van der Waals surface area contributed by atoms with Gasteiger partial charge in [-0.1, -0.05) is 17.9 Å². The van der Waals surface area contributed by atoms with E-state index in [9.17, 15) is 9.59 Å². The molecule has 1 fully saturated rings. The molecule has 1 amide bonds. The summed E-state index contributed by atoms with van der Waals surface area (Å²) < 4.78 is 3.48. The fourth-order valence-electron chi connectivity index (χ4n) is 3.26. The molecule has 4 rings (SSSR count). The Morgan fingerprint density at radius 2 is 2.06 bits per heavy atom. The Morgan fingerprint density at radius 1 is 1.29 bits per heavy atom. The number of hydrogen-bond acceptors (Lipinski definition) is 4. The van der Waals surface area contributed by atoms with Crippen LogP contribution in [0.15, 0.2) is 41.5 Å². The lowest BCUT2D eigenvalue weighted by atomic mass is 10.1. The Bertz CT molecular complexity index is 1270. The second-order valence-electron chi connectivity index (χ2n) is 8.08. The van der Waals surface area contributed by atoms with Gasteiger partial charge in [0.2, 0.25) is 0 Å². The van der Waals surface area contributed by atoms with Gasteiger partial charge in [0, 0.05) is 42.7 Å². The van der Waals surface area contributed by atoms with Crippen LogP contribution < -0.4 is 10.9 Å². The van der Waals surface area contributed by atoms with Gasteiger partial charge in [-0.25, -0.2) is 9.97 Å². The summed E-state index contributed by atoms with van der Waals surface area (Å²) in [6, 6.07) is 7.14. The van der Waals surface area contributed by atoms with E-state index >= 15 is 0 Å². The maximum absolute atomic E-state index is 12.9. The van der Waals surface area contributed by atoms with Crippen molar-refractivity contribution in [1.29, 1.82) is 0 Å². The Morgan fingerprint density at radius 3 is 2.77 bits per heavy atom. The molecule has 0 radical (unpaired) electrons. The van der Waals surface area contributed by atoms with Gasteiger partial charge < -0.3 is 14.5 Å². The number of carbonyl (C=O) groups is 1. The minimum atomic E-state index is -0.507. The molecule has 0 spiro atoms. The van der Waals surface area contributed by atoms with Gasteiger partial charge in [-0.2, -0.15) is 0 Å². The van der Waals surface area contributed by atoms with Crippen molar-refractivity contribution in [3.8, 4) is 23.4 Å². The summed E-state index contributed by atoms with van der Waals surface area (Å²) in [7, 11) is 1.65. The molecule has 0 aliphatic heterocycles. The number of carbonyl (C=O) groups excluding carboxylic acids is 1. The molecule has 1 aliphatic rings. The molecular formula is C24H25N5O2. The first kappa shape index (κ1) is 20.6. The van der Waals surface area contributed by atoms with Crippen LogP contribution in [0.2, 0.25) is 0 Å². The van der Waals surface area contributed by atoms with Crippen molar-refractivity contribution in [1.82, 2.24) is 19.1 Å². The molecule has 3 aromatic rings. The van der Waals surface area contributed by atoms with Crippen molar-refractivity contribution in [3.05, 3.63) is 63.8 Å². The van der Waals surface area contributed by atoms with Gasteiger partial charge in [0.25, 0.3) is 11.5 Å². The van der Waals surface area contributed by atoms with Gasteiger partial charge in [-0.15, -0.1) is 0 Å². The van der Waals surface area contributed by atoms with E-state index in [1.54, 1.807) is 31.4 Å². The highest BCUT2D eigenvalue weighted by atomic mass is 16.2. The van der Waals surface area contributed by atoms with E-state index in [-0.39, 0.29) is 17.2 Å². The topological polar surface area (TPSA) is 81.8 Å². The molecule has 7 nitrogen and oxygen atoms in total. The highest BCUT2D eigenvalue weighted by Gasteiger charge is 2.19. The fourth-order valence-corrected chi connectivity index (χ4v) is 3.26. The van der Waals surface area contributed by atoms with Gasteiger partial charge in [0.05, 0.1) is 0 Å². The van der Waals surface area contributed by atoms with Gasteiger partial charge in [0.1, 0.15) is 17.1 Å². The third kappa shape index (κ3) is 4.29. The highest BCUT2D eigenvalue weighted by molar-refractivity contribution is 6.03. The largest absolute Gasteiger partial charge is 0.327 e. The number of hydrogen-bond donors (Lipinski definition) is 1. The van der Waals surface area contributed by atoms with Gasteiger partial charge in [0.15, 0.2) is 5.82 Å². The number of aromatic nitrogens is 4. The Labute approximate surface area is 181 Å². The zero-order chi connectivity index (χ0) is 22.1. The fraction of sp³-hybridized carbons (Fsp3) is 0.333. The van der Waals surface area contributed by atoms with Crippen LogP contribution in [0.3, 0.4) is 0 Å². The van der Waals surface area contributed by atoms with Gasteiger partial charge in [-0.05, 0) is 51.8 Å². The number of amides is 1. The van der Waals surface area contributed by atoms with E-state index in [0.29, 0.717) is 23.0 Å². The molecule has 0 atom stereocenters. The van der Waals surface area contributed by atoms with Crippen LogP contribution in [0.1, 0.15) is 54.3 Å². The summed E-state index contributed by atoms with van der Waals surface area (Å²) in [4.78, 5) is 34.6. The average molecular weight is 415 g/mol. The molecule has 7 heteroatoms. The first-order valence-electron chi connectivity index (χ1n) is 10.4. The lowest BCUT2D eigenvalue weighted by Gasteiger charge is -2.12. The second-order valence-corrected chi connectivity index (χ2v) is 8.08. The van der Waals surface area contributed by atoms with Crippen molar-refractivity contribution < 1.29 is 4.79 Å². The number of anilines is 1. The summed E-state index contributed by atoms with van der Waals surface area (Å²) in [5, 5.41) is 2.75. The maximum Gasteiger partial charge on any atom is 0.263 e. The minimum Gasteiger partial charge on any atom is -0.327 e. The number of nitrogens with zero attached hydrogens (tertiary/aromatic N) is 4. The Kier molecular flexibility index (Phi) is 5.47. The standard InChI is InChI=1S/C24H25N5O2/c1-15(2)29-13-12-25-22(29)20-6-5-7-21(26-20)27-23(30)19-14-18(11-10-17-8-9-17)16(3)28(4)24(19)31/h5-7,12-15,17H,8-9H2,1-4H3,(H,26,27,30). The highest BCUT2D eigenvalue weighted by Crippen LogP contribution is 2.27. The summed E-state index contributed by atoms with van der Waals surface area (Å²) in [5.74, 6) is 7.32. The summed E-state index contributed by atoms with van der Waals surface area (Å²) >= 11 is 0. The molecule has 3 heterocycles. The van der Waals surface area contributed by atoms with Crippen molar-refractivity contribution >= 4 is 11.7 Å². The smallest absolute Gasteiger partial charge is 0.263 e. The van der Waals surface area contributed by atoms with Crippen LogP contribution >= 0.6 is 0 Å². The number of nitrogens with one attached hydrogen (secondary N) is 1. The molecule has 31 heavy (non-hydrogen) atoms. The van der Waals surface area contributed by atoms with Crippen LogP contribution in [0.4, 0.5) is 5.82 Å². The van der Waals surface area contributed by atoms with E-state index in [1.165, 1.54) is 4.57 Å². The first-order chi connectivity index (χ1) is 14.8. The molecule has 0 unspecified atom stereocenters. The monoisotopic (exact) mass is 415 g/mol. The van der Waals surface area contributed by atoms with Crippen LogP contribution in [0, 0.1) is 24.7 Å². The first-order valence-corrected chi connectivity index (χ1v) is 10.4. The molecule has 1 N–H and O–H groups in total. The van der Waals surface area contributed by atoms with E-state index in [4.69, 9.17) is 0 Å². The summed E-state index contributed by atoms with van der Waals surface area (Å²) in [5.41, 5.74) is 1.77. The zero-order valence-electron chi connectivity index (χ0n) is 18.1. The van der Waals surface area contributed by atoms with Crippen LogP contribution in [-0.2, 0) is 7.05 Å². The molecule has 0 saturated heterocycles. The van der Waals surface area contributed by atoms with Gasteiger partial charge in [-0.3, -0.25) is 9.59 Å². The molecule has 1 aliphatic carbocycles. The lowest BCUT2D eigenvalue weighted by molar-refractivity contribution is 0.102. The van der Waals surface area contributed by atoms with E-state index < -0.39 is 5.91 Å². The zero-order valence-corrected chi connectivity index (χ0v) is 18.1. The van der Waals surface area contributed by atoms with Crippen LogP contribution in [-0.4, -0.2) is 25.0 Å². The maximum atomic E-state index is 12.9. The van der Waals surface area contributed by atoms with Crippen molar-refractivity contribution in [2.45, 2.75) is 39.7 Å².